The highest BCUT2D eigenvalue weighted by Crippen LogP contribution is 2.27. The van der Waals surface area contributed by atoms with Crippen molar-refractivity contribution in [1.82, 2.24) is 19.9 Å². The Kier molecular flexibility index (Phi) is 5.88. The van der Waals surface area contributed by atoms with Crippen LogP contribution in [0.1, 0.15) is 12.0 Å². The predicted octanol–water partition coefficient (Wildman–Crippen LogP) is 2.64. The van der Waals surface area contributed by atoms with Crippen LogP contribution < -0.4 is 20.3 Å². The van der Waals surface area contributed by atoms with Crippen LogP contribution in [0.15, 0.2) is 53.6 Å². The molecule has 2 aromatic carbocycles. The zero-order valence-electron chi connectivity index (χ0n) is 17.5. The molecule has 0 radical (unpaired) electrons. The minimum Gasteiger partial charge on any atom is -0.493 e. The van der Waals surface area contributed by atoms with Crippen LogP contribution >= 0.6 is 0 Å². The number of para-hydroxylation sites is 1. The van der Waals surface area contributed by atoms with E-state index in [1.807, 2.05) is 42.5 Å². The second-order valence-corrected chi connectivity index (χ2v) is 7.18. The number of amides is 1. The summed E-state index contributed by atoms with van der Waals surface area (Å²) in [6, 6.07) is 13.3. The van der Waals surface area contributed by atoms with Gasteiger partial charge in [0.1, 0.15) is 11.0 Å². The molecular formula is C23H24N4O4. The van der Waals surface area contributed by atoms with E-state index in [1.54, 1.807) is 14.2 Å². The maximum Gasteiger partial charge on any atom is 0.277 e. The van der Waals surface area contributed by atoms with Gasteiger partial charge in [-0.05, 0) is 30.2 Å². The van der Waals surface area contributed by atoms with Crippen molar-refractivity contribution in [2.24, 2.45) is 0 Å². The van der Waals surface area contributed by atoms with Gasteiger partial charge in [0.25, 0.3) is 5.56 Å². The first-order valence-corrected chi connectivity index (χ1v) is 10.0. The van der Waals surface area contributed by atoms with Gasteiger partial charge in [-0.1, -0.05) is 24.3 Å². The number of hydrogen-bond donors (Lipinski definition) is 2. The fourth-order valence-corrected chi connectivity index (χ4v) is 3.59. The zero-order valence-corrected chi connectivity index (χ0v) is 17.5. The number of aryl methyl sites for hydroxylation is 1. The van der Waals surface area contributed by atoms with E-state index < -0.39 is 0 Å². The van der Waals surface area contributed by atoms with Crippen molar-refractivity contribution in [2.75, 3.05) is 20.8 Å². The van der Waals surface area contributed by atoms with E-state index in [2.05, 4.69) is 15.3 Å². The zero-order chi connectivity index (χ0) is 21.8. The minimum absolute atomic E-state index is 0.121. The summed E-state index contributed by atoms with van der Waals surface area (Å²) in [4.78, 5) is 32.6. The van der Waals surface area contributed by atoms with E-state index in [-0.39, 0.29) is 24.4 Å². The number of aromatic amines is 1. The third kappa shape index (κ3) is 4.23. The topological polar surface area (TPSA) is 98.2 Å². The smallest absolute Gasteiger partial charge is 0.277 e. The summed E-state index contributed by atoms with van der Waals surface area (Å²) in [5.41, 5.74) is 2.82. The van der Waals surface area contributed by atoms with Gasteiger partial charge in [-0.15, -0.1) is 0 Å². The lowest BCUT2D eigenvalue weighted by Gasteiger charge is -2.10. The number of nitrogens with zero attached hydrogens (tertiary/aromatic N) is 2. The summed E-state index contributed by atoms with van der Waals surface area (Å²) >= 11 is 0. The minimum atomic E-state index is -0.181. The van der Waals surface area contributed by atoms with Gasteiger partial charge in [0.2, 0.25) is 5.91 Å². The first-order chi connectivity index (χ1) is 15.1. The lowest BCUT2D eigenvalue weighted by atomic mass is 10.1. The van der Waals surface area contributed by atoms with Crippen LogP contribution in [0.4, 0.5) is 0 Å². The first-order valence-electron chi connectivity index (χ1n) is 10.0. The lowest BCUT2D eigenvalue weighted by Crippen LogP contribution is -2.29. The van der Waals surface area contributed by atoms with E-state index in [1.165, 1.54) is 10.9 Å². The summed E-state index contributed by atoms with van der Waals surface area (Å²) < 4.78 is 12.0. The molecule has 8 nitrogen and oxygen atoms in total. The number of hydrogen-bond acceptors (Lipinski definition) is 5. The molecule has 0 bridgehead atoms. The van der Waals surface area contributed by atoms with Gasteiger partial charge in [-0.2, -0.15) is 0 Å². The third-order valence-corrected chi connectivity index (χ3v) is 5.24. The number of rotatable bonds is 8. The molecule has 0 atom stereocenters. The van der Waals surface area contributed by atoms with Crippen molar-refractivity contribution in [2.45, 2.75) is 19.4 Å². The van der Waals surface area contributed by atoms with E-state index in [4.69, 9.17) is 9.47 Å². The van der Waals surface area contributed by atoms with Crippen molar-refractivity contribution in [3.63, 3.8) is 0 Å². The molecule has 8 heteroatoms. The molecule has 4 aromatic rings. The molecule has 0 saturated heterocycles. The van der Waals surface area contributed by atoms with E-state index in [0.29, 0.717) is 35.5 Å². The second-order valence-electron chi connectivity index (χ2n) is 7.18. The third-order valence-electron chi connectivity index (χ3n) is 5.24. The Hall–Kier alpha value is -3.81. The standard InChI is InChI=1S/C23H24N4O4/c1-30-18-8-7-15(13-19(18)31-2)9-11-24-20(28)10-12-27-14-25-21-16-5-3-4-6-17(16)26-22(21)23(27)29/h3-8,13-14,26H,9-12H2,1-2H3,(H,24,28). The molecule has 0 fully saturated rings. The molecule has 0 spiro atoms. The number of ether oxygens (including phenoxy) is 2. The molecule has 160 valence electrons. The number of carbonyl (C=O) groups is 1. The van der Waals surface area contributed by atoms with Crippen LogP contribution in [0.3, 0.4) is 0 Å². The van der Waals surface area contributed by atoms with Gasteiger partial charge in [-0.3, -0.25) is 14.2 Å². The summed E-state index contributed by atoms with van der Waals surface area (Å²) in [7, 11) is 3.18. The van der Waals surface area contributed by atoms with E-state index >= 15 is 0 Å². The molecule has 4 rings (SSSR count). The quantitative estimate of drug-likeness (QED) is 0.457. The summed E-state index contributed by atoms with van der Waals surface area (Å²) in [5, 5.41) is 3.80. The number of aromatic nitrogens is 3. The Morgan fingerprint density at radius 2 is 1.94 bits per heavy atom. The van der Waals surface area contributed by atoms with E-state index in [0.717, 1.165) is 16.5 Å². The summed E-state index contributed by atoms with van der Waals surface area (Å²) in [6.07, 6.45) is 2.36. The fourth-order valence-electron chi connectivity index (χ4n) is 3.59. The largest absolute Gasteiger partial charge is 0.493 e. The summed E-state index contributed by atoms with van der Waals surface area (Å²) in [6.45, 7) is 0.752. The highest BCUT2D eigenvalue weighted by Gasteiger charge is 2.11. The molecule has 1 amide bonds. The monoisotopic (exact) mass is 420 g/mol. The van der Waals surface area contributed by atoms with Gasteiger partial charge in [-0.25, -0.2) is 4.98 Å². The molecule has 2 N–H and O–H groups in total. The van der Waals surface area contributed by atoms with Gasteiger partial charge < -0.3 is 19.8 Å². The maximum atomic E-state index is 12.8. The Morgan fingerprint density at radius 1 is 1.13 bits per heavy atom. The Labute approximate surface area is 178 Å². The first kappa shape index (κ1) is 20.5. The number of fused-ring (bicyclic) bond motifs is 3. The molecule has 0 aliphatic carbocycles. The molecular weight excluding hydrogens is 396 g/mol. The van der Waals surface area contributed by atoms with Crippen molar-refractivity contribution in [3.8, 4) is 11.5 Å². The fraction of sp³-hybridized carbons (Fsp3) is 0.261. The van der Waals surface area contributed by atoms with Crippen molar-refractivity contribution in [1.29, 1.82) is 0 Å². The normalized spacial score (nSPS) is 11.0. The molecule has 0 saturated carbocycles. The molecule has 2 aromatic heterocycles. The predicted molar refractivity (Wildman–Crippen MR) is 119 cm³/mol. The molecule has 0 unspecified atom stereocenters. The van der Waals surface area contributed by atoms with Gasteiger partial charge in [0.05, 0.1) is 20.5 Å². The highest BCUT2D eigenvalue weighted by molar-refractivity contribution is 6.04. The average molecular weight is 420 g/mol. The highest BCUT2D eigenvalue weighted by atomic mass is 16.5. The molecule has 2 heterocycles. The second kappa shape index (κ2) is 8.91. The number of benzene rings is 2. The number of methoxy groups -OCH3 is 2. The van der Waals surface area contributed by atoms with Crippen LogP contribution in [-0.4, -0.2) is 41.2 Å². The Bertz CT molecular complexity index is 1290. The van der Waals surface area contributed by atoms with Crippen molar-refractivity contribution >= 4 is 27.8 Å². The lowest BCUT2D eigenvalue weighted by molar-refractivity contribution is -0.121. The number of carbonyl (C=O) groups excluding carboxylic acids is 1. The van der Waals surface area contributed by atoms with Gasteiger partial charge in [0, 0.05) is 30.4 Å². The maximum absolute atomic E-state index is 12.8. The van der Waals surface area contributed by atoms with Gasteiger partial charge in [0.15, 0.2) is 11.5 Å². The van der Waals surface area contributed by atoms with Gasteiger partial charge >= 0.3 is 0 Å². The molecule has 0 aliphatic rings. The SMILES string of the molecule is COc1ccc(CCNC(=O)CCn2cnc3c([nH]c4ccccc43)c2=O)cc1OC. The summed E-state index contributed by atoms with van der Waals surface area (Å²) in [5.74, 6) is 1.20. The number of H-pyrrole nitrogens is 1. The number of nitrogens with one attached hydrogen (secondary N) is 2. The van der Waals surface area contributed by atoms with Crippen LogP contribution in [0.25, 0.3) is 21.9 Å². The van der Waals surface area contributed by atoms with Crippen LogP contribution in [0.2, 0.25) is 0 Å². The Balaban J connectivity index is 1.35. The average Bonchev–Trinajstić information content (AvgIpc) is 3.18. The van der Waals surface area contributed by atoms with Crippen LogP contribution in [0.5, 0.6) is 11.5 Å². The van der Waals surface area contributed by atoms with E-state index in [9.17, 15) is 9.59 Å². The van der Waals surface area contributed by atoms with Crippen LogP contribution in [-0.2, 0) is 17.8 Å². The molecule has 31 heavy (non-hydrogen) atoms. The molecule has 0 aliphatic heterocycles. The van der Waals surface area contributed by atoms with Crippen LogP contribution in [0, 0.1) is 0 Å². The van der Waals surface area contributed by atoms with Crippen molar-refractivity contribution < 1.29 is 14.3 Å². The Morgan fingerprint density at radius 3 is 2.74 bits per heavy atom. The van der Waals surface area contributed by atoms with Crippen molar-refractivity contribution in [3.05, 3.63) is 64.7 Å².